The van der Waals surface area contributed by atoms with Crippen molar-refractivity contribution in [1.29, 1.82) is 0 Å². The molecule has 4 aromatic rings. The van der Waals surface area contributed by atoms with Crippen LogP contribution in [0.1, 0.15) is 15.9 Å². The Morgan fingerprint density at radius 2 is 1.55 bits per heavy atom. The molecule has 0 radical (unpaired) electrons. The fourth-order valence-electron chi connectivity index (χ4n) is 3.41. The number of carbonyl (C=O) groups is 1. The summed E-state index contributed by atoms with van der Waals surface area (Å²) in [4.78, 5) is 13.0. The lowest BCUT2D eigenvalue weighted by Gasteiger charge is -2.14. The molecule has 0 aliphatic carbocycles. The molecule has 0 aliphatic heterocycles. The predicted molar refractivity (Wildman–Crippen MR) is 149 cm³/mol. The van der Waals surface area contributed by atoms with Crippen molar-refractivity contribution in [2.24, 2.45) is 0 Å². The van der Waals surface area contributed by atoms with Crippen LogP contribution in [0, 0.1) is 0 Å². The van der Waals surface area contributed by atoms with Crippen LogP contribution in [0.15, 0.2) is 89.8 Å². The topological polar surface area (TPSA) is 93.7 Å². The number of para-hydroxylation sites is 1. The quantitative estimate of drug-likeness (QED) is 0.215. The van der Waals surface area contributed by atoms with Crippen LogP contribution in [0.25, 0.3) is 0 Å². The van der Waals surface area contributed by atoms with Gasteiger partial charge in [-0.25, -0.2) is 8.42 Å². The third kappa shape index (κ3) is 6.71. The summed E-state index contributed by atoms with van der Waals surface area (Å²) in [5.41, 5.74) is 0.762. The number of methoxy groups -OCH3 is 1. The van der Waals surface area contributed by atoms with Gasteiger partial charge in [-0.05, 0) is 72.3 Å². The van der Waals surface area contributed by atoms with Crippen LogP contribution in [-0.2, 0) is 16.6 Å². The van der Waals surface area contributed by atoms with E-state index < -0.39 is 15.9 Å². The van der Waals surface area contributed by atoms with Gasteiger partial charge in [-0.15, -0.1) is 0 Å². The first-order chi connectivity index (χ1) is 18.2. The molecule has 7 nitrogen and oxygen atoms in total. The van der Waals surface area contributed by atoms with Crippen LogP contribution in [0.3, 0.4) is 0 Å². The number of ether oxygens (including phenoxy) is 2. The lowest BCUT2D eigenvalue weighted by Crippen LogP contribution is -2.25. The van der Waals surface area contributed by atoms with Crippen molar-refractivity contribution in [2.45, 2.75) is 11.4 Å². The van der Waals surface area contributed by atoms with Crippen LogP contribution >= 0.6 is 34.8 Å². The summed E-state index contributed by atoms with van der Waals surface area (Å²) < 4.78 is 39.5. The van der Waals surface area contributed by atoms with Crippen LogP contribution in [0.2, 0.25) is 15.1 Å². The SMILES string of the molecule is COc1ccc(CNC(=O)c2cc(Cl)ccc2NS(=O)(=O)c2ccc(Oc3ccccc3Cl)cc2)c(Cl)c1. The lowest BCUT2D eigenvalue weighted by atomic mass is 10.1. The van der Waals surface area contributed by atoms with Crippen molar-refractivity contribution >= 4 is 56.4 Å². The fraction of sp³-hybridized carbons (Fsp3) is 0.0741. The van der Waals surface area contributed by atoms with Gasteiger partial charge < -0.3 is 14.8 Å². The maximum absolute atomic E-state index is 13.1. The molecule has 38 heavy (non-hydrogen) atoms. The summed E-state index contributed by atoms with van der Waals surface area (Å²) in [6.45, 7) is 0.104. The number of amides is 1. The lowest BCUT2D eigenvalue weighted by molar-refractivity contribution is 0.0952. The largest absolute Gasteiger partial charge is 0.497 e. The van der Waals surface area contributed by atoms with E-state index in [1.54, 1.807) is 42.5 Å². The number of rotatable bonds is 9. The highest BCUT2D eigenvalue weighted by Crippen LogP contribution is 2.30. The van der Waals surface area contributed by atoms with Crippen molar-refractivity contribution in [2.75, 3.05) is 11.8 Å². The smallest absolute Gasteiger partial charge is 0.261 e. The Labute approximate surface area is 235 Å². The van der Waals surface area contributed by atoms with E-state index in [4.69, 9.17) is 44.3 Å². The highest BCUT2D eigenvalue weighted by atomic mass is 35.5. The van der Waals surface area contributed by atoms with E-state index in [0.29, 0.717) is 32.9 Å². The second-order valence-electron chi connectivity index (χ2n) is 7.94. The molecule has 0 saturated carbocycles. The second kappa shape index (κ2) is 12.0. The second-order valence-corrected chi connectivity index (χ2v) is 10.9. The molecule has 2 N–H and O–H groups in total. The van der Waals surface area contributed by atoms with Crippen LogP contribution in [0.5, 0.6) is 17.2 Å². The van der Waals surface area contributed by atoms with Gasteiger partial charge in [0.25, 0.3) is 15.9 Å². The van der Waals surface area contributed by atoms with Gasteiger partial charge in [-0.1, -0.05) is 53.0 Å². The Hall–Kier alpha value is -3.43. The van der Waals surface area contributed by atoms with E-state index in [1.165, 1.54) is 49.6 Å². The van der Waals surface area contributed by atoms with Gasteiger partial charge in [0.15, 0.2) is 0 Å². The first-order valence-corrected chi connectivity index (χ1v) is 13.7. The summed E-state index contributed by atoms with van der Waals surface area (Å²) in [6.07, 6.45) is 0. The molecule has 0 unspecified atom stereocenters. The molecule has 0 fully saturated rings. The minimum atomic E-state index is -4.05. The molecule has 11 heteroatoms. The van der Waals surface area contributed by atoms with E-state index in [2.05, 4.69) is 10.0 Å². The predicted octanol–water partition coefficient (Wildman–Crippen LogP) is 7.18. The third-order valence-electron chi connectivity index (χ3n) is 5.37. The number of nitrogens with one attached hydrogen (secondary N) is 2. The molecule has 0 saturated heterocycles. The zero-order valence-corrected chi connectivity index (χ0v) is 23.0. The van der Waals surface area contributed by atoms with Gasteiger partial charge in [-0.3, -0.25) is 9.52 Å². The monoisotopic (exact) mass is 590 g/mol. The minimum absolute atomic E-state index is 0.0321. The van der Waals surface area contributed by atoms with E-state index in [-0.39, 0.29) is 27.7 Å². The Bertz CT molecular complexity index is 1580. The molecule has 0 heterocycles. The number of anilines is 1. The summed E-state index contributed by atoms with van der Waals surface area (Å²) in [7, 11) is -2.53. The number of carbonyl (C=O) groups excluding carboxylic acids is 1. The molecule has 1 amide bonds. The number of hydrogen-bond donors (Lipinski definition) is 2. The van der Waals surface area contributed by atoms with Gasteiger partial charge in [0.05, 0.1) is 28.3 Å². The number of hydrogen-bond acceptors (Lipinski definition) is 5. The van der Waals surface area contributed by atoms with E-state index in [1.807, 2.05) is 0 Å². The molecule has 0 bridgehead atoms. The molecule has 0 aromatic heterocycles. The zero-order valence-electron chi connectivity index (χ0n) is 19.9. The maximum atomic E-state index is 13.1. The van der Waals surface area contributed by atoms with Crippen molar-refractivity contribution in [3.63, 3.8) is 0 Å². The van der Waals surface area contributed by atoms with Crippen molar-refractivity contribution < 1.29 is 22.7 Å². The van der Waals surface area contributed by atoms with Crippen molar-refractivity contribution in [1.82, 2.24) is 5.32 Å². The Kier molecular flexibility index (Phi) is 8.69. The molecular formula is C27H21Cl3N2O5S. The van der Waals surface area contributed by atoms with E-state index in [9.17, 15) is 13.2 Å². The van der Waals surface area contributed by atoms with Crippen LogP contribution in [-0.4, -0.2) is 21.4 Å². The molecule has 0 spiro atoms. The highest BCUT2D eigenvalue weighted by molar-refractivity contribution is 7.92. The van der Waals surface area contributed by atoms with Gasteiger partial charge in [0, 0.05) is 16.6 Å². The molecular weight excluding hydrogens is 571 g/mol. The summed E-state index contributed by atoms with van der Waals surface area (Å²) in [5, 5.41) is 3.84. The zero-order chi connectivity index (χ0) is 27.3. The minimum Gasteiger partial charge on any atom is -0.497 e. The highest BCUT2D eigenvalue weighted by Gasteiger charge is 2.20. The summed E-state index contributed by atoms with van der Waals surface area (Å²) in [5.74, 6) is 0.886. The third-order valence-corrected chi connectivity index (χ3v) is 7.65. The van der Waals surface area contributed by atoms with Crippen molar-refractivity contribution in [3.8, 4) is 17.2 Å². The van der Waals surface area contributed by atoms with Gasteiger partial charge in [0.2, 0.25) is 0 Å². The Morgan fingerprint density at radius 3 is 2.24 bits per heavy atom. The van der Waals surface area contributed by atoms with Crippen LogP contribution < -0.4 is 19.5 Å². The van der Waals surface area contributed by atoms with Crippen LogP contribution in [0.4, 0.5) is 5.69 Å². The van der Waals surface area contributed by atoms with Gasteiger partial charge in [0.1, 0.15) is 17.2 Å². The first kappa shape index (κ1) is 27.6. The summed E-state index contributed by atoms with van der Waals surface area (Å²) in [6, 6.07) is 22.1. The standard InChI is InChI=1S/C27H21Cl3N2O5S/c1-36-20-8-6-17(24(30)15-20)16-31-27(33)22-14-18(28)7-13-25(22)32-38(34,35)21-11-9-19(10-12-21)37-26-5-3-2-4-23(26)29/h2-15,32H,16H2,1H3,(H,31,33). The van der Waals surface area contributed by atoms with E-state index >= 15 is 0 Å². The molecule has 0 atom stereocenters. The molecule has 4 aromatic carbocycles. The number of sulfonamides is 1. The Morgan fingerprint density at radius 1 is 0.842 bits per heavy atom. The average molecular weight is 592 g/mol. The molecule has 0 aliphatic rings. The maximum Gasteiger partial charge on any atom is 0.261 e. The molecule has 4 rings (SSSR count). The van der Waals surface area contributed by atoms with Gasteiger partial charge >= 0.3 is 0 Å². The first-order valence-electron chi connectivity index (χ1n) is 11.1. The fourth-order valence-corrected chi connectivity index (χ4v) is 5.07. The van der Waals surface area contributed by atoms with E-state index in [0.717, 1.165) is 0 Å². The van der Waals surface area contributed by atoms with Gasteiger partial charge in [-0.2, -0.15) is 0 Å². The normalized spacial score (nSPS) is 11.1. The Balaban J connectivity index is 1.50. The summed E-state index contributed by atoms with van der Waals surface area (Å²) >= 11 is 18.5. The number of halogens is 3. The average Bonchev–Trinajstić information content (AvgIpc) is 2.90. The molecule has 196 valence electrons. The number of benzene rings is 4. The van der Waals surface area contributed by atoms with Crippen molar-refractivity contribution in [3.05, 3.63) is 111 Å².